The normalized spacial score (nSPS) is 25.1. The molecule has 2 aromatic carbocycles. The number of hydrogen-bond donors (Lipinski definition) is 2. The molecule has 1 saturated heterocycles. The molecule has 4 atom stereocenters. The van der Waals surface area contributed by atoms with E-state index < -0.39 is 12.0 Å². The molecular formula is C23H27ClFNO2. The smallest absolute Gasteiger partial charge is 0.321 e. The minimum absolute atomic E-state index is 0.0470. The summed E-state index contributed by atoms with van der Waals surface area (Å²) < 4.78 is 14.9. The largest absolute Gasteiger partial charge is 0.480 e. The number of rotatable bonds is 4. The van der Waals surface area contributed by atoms with Gasteiger partial charge in [-0.25, -0.2) is 4.39 Å². The van der Waals surface area contributed by atoms with Gasteiger partial charge in [0, 0.05) is 22.9 Å². The Hall–Kier alpha value is -1.91. The third-order valence-electron chi connectivity index (χ3n) is 5.54. The van der Waals surface area contributed by atoms with E-state index in [1.54, 1.807) is 6.07 Å². The van der Waals surface area contributed by atoms with Gasteiger partial charge in [0.25, 0.3) is 0 Å². The second-order valence-electron chi connectivity index (χ2n) is 8.93. The van der Waals surface area contributed by atoms with E-state index in [2.05, 4.69) is 26.1 Å². The van der Waals surface area contributed by atoms with E-state index in [4.69, 9.17) is 11.6 Å². The van der Waals surface area contributed by atoms with Gasteiger partial charge in [-0.15, -0.1) is 0 Å². The highest BCUT2D eigenvalue weighted by atomic mass is 35.5. The fourth-order valence-corrected chi connectivity index (χ4v) is 4.66. The molecular weight excluding hydrogens is 377 g/mol. The second kappa shape index (κ2) is 7.84. The van der Waals surface area contributed by atoms with Gasteiger partial charge >= 0.3 is 5.97 Å². The summed E-state index contributed by atoms with van der Waals surface area (Å²) in [7, 11) is 0. The summed E-state index contributed by atoms with van der Waals surface area (Å²) in [4.78, 5) is 12.2. The van der Waals surface area contributed by atoms with Gasteiger partial charge in [-0.3, -0.25) is 4.79 Å². The van der Waals surface area contributed by atoms with Gasteiger partial charge in [0.15, 0.2) is 0 Å². The lowest BCUT2D eigenvalue weighted by molar-refractivity contribution is -0.139. The molecule has 2 aromatic rings. The van der Waals surface area contributed by atoms with Crippen LogP contribution in [0.5, 0.6) is 0 Å². The number of benzene rings is 2. The van der Waals surface area contributed by atoms with Crippen molar-refractivity contribution in [1.82, 2.24) is 5.32 Å². The zero-order valence-electron chi connectivity index (χ0n) is 16.7. The monoisotopic (exact) mass is 403 g/mol. The number of nitrogens with one attached hydrogen (secondary N) is 1. The third-order valence-corrected chi connectivity index (χ3v) is 5.77. The van der Waals surface area contributed by atoms with E-state index in [1.165, 1.54) is 12.1 Å². The minimum Gasteiger partial charge on any atom is -0.480 e. The number of carboxylic acid groups (broad SMARTS) is 1. The Labute approximate surface area is 170 Å². The molecule has 3 nitrogen and oxygen atoms in total. The van der Waals surface area contributed by atoms with Gasteiger partial charge in [0.05, 0.1) is 0 Å². The number of hydrogen-bond acceptors (Lipinski definition) is 2. The average molecular weight is 404 g/mol. The van der Waals surface area contributed by atoms with Gasteiger partial charge in [0.2, 0.25) is 0 Å². The van der Waals surface area contributed by atoms with Crippen molar-refractivity contribution < 1.29 is 14.3 Å². The first-order valence-electron chi connectivity index (χ1n) is 9.58. The van der Waals surface area contributed by atoms with Crippen molar-refractivity contribution in [3.8, 4) is 0 Å². The maximum atomic E-state index is 14.9. The van der Waals surface area contributed by atoms with Crippen LogP contribution in [-0.2, 0) is 4.79 Å². The maximum absolute atomic E-state index is 14.9. The van der Waals surface area contributed by atoms with E-state index in [1.807, 2.05) is 31.2 Å². The molecule has 0 bridgehead atoms. The van der Waals surface area contributed by atoms with E-state index in [0.29, 0.717) is 10.6 Å². The van der Waals surface area contributed by atoms with E-state index in [0.717, 1.165) is 17.5 Å². The van der Waals surface area contributed by atoms with E-state index in [9.17, 15) is 14.3 Å². The molecule has 1 heterocycles. The lowest BCUT2D eigenvalue weighted by atomic mass is 9.73. The van der Waals surface area contributed by atoms with Crippen LogP contribution in [0.15, 0.2) is 42.5 Å². The summed E-state index contributed by atoms with van der Waals surface area (Å²) in [5.74, 6) is -1.99. The highest BCUT2D eigenvalue weighted by molar-refractivity contribution is 6.30. The van der Waals surface area contributed by atoms with Gasteiger partial charge in [0.1, 0.15) is 11.9 Å². The molecule has 3 rings (SSSR count). The zero-order chi connectivity index (χ0) is 20.6. The average Bonchev–Trinajstić information content (AvgIpc) is 2.94. The standard InChI is InChI=1S/C23H27ClFNO2/c1-13-7-5-6-8-15(13)20-19(16-11-14(24)9-10-17(16)25)18(12-23(2,3)4)26-21(20)22(27)28/h5-11,18-21,26H,12H2,1-4H3,(H,27,28). The number of halogens is 2. The van der Waals surface area contributed by atoms with Crippen molar-refractivity contribution in [2.24, 2.45) is 5.41 Å². The number of aryl methyl sites for hydroxylation is 1. The van der Waals surface area contributed by atoms with Crippen LogP contribution >= 0.6 is 11.6 Å². The van der Waals surface area contributed by atoms with Gasteiger partial charge in [-0.1, -0.05) is 56.6 Å². The summed E-state index contributed by atoms with van der Waals surface area (Å²) in [6, 6.07) is 11.3. The molecule has 0 aromatic heterocycles. The van der Waals surface area contributed by atoms with Crippen molar-refractivity contribution in [3.63, 3.8) is 0 Å². The first-order chi connectivity index (χ1) is 13.1. The Morgan fingerprint density at radius 1 is 1.14 bits per heavy atom. The topological polar surface area (TPSA) is 49.3 Å². The van der Waals surface area contributed by atoms with Crippen molar-refractivity contribution in [3.05, 3.63) is 70.0 Å². The van der Waals surface area contributed by atoms with Crippen LogP contribution in [0.4, 0.5) is 4.39 Å². The van der Waals surface area contributed by atoms with Crippen LogP contribution < -0.4 is 5.32 Å². The van der Waals surface area contributed by atoms with Crippen molar-refractivity contribution in [1.29, 1.82) is 0 Å². The van der Waals surface area contributed by atoms with Gasteiger partial charge in [-0.05, 0) is 53.6 Å². The maximum Gasteiger partial charge on any atom is 0.321 e. The number of aliphatic carboxylic acids is 1. The minimum atomic E-state index is -0.919. The highest BCUT2D eigenvalue weighted by Gasteiger charge is 2.49. The van der Waals surface area contributed by atoms with Crippen LogP contribution in [0.3, 0.4) is 0 Å². The van der Waals surface area contributed by atoms with Crippen LogP contribution in [-0.4, -0.2) is 23.2 Å². The highest BCUT2D eigenvalue weighted by Crippen LogP contribution is 2.48. The molecule has 0 radical (unpaired) electrons. The van der Waals surface area contributed by atoms with Crippen LogP contribution in [0.1, 0.15) is 55.7 Å². The van der Waals surface area contributed by atoms with Crippen molar-refractivity contribution in [2.75, 3.05) is 0 Å². The zero-order valence-corrected chi connectivity index (χ0v) is 17.4. The summed E-state index contributed by atoms with van der Waals surface area (Å²) in [6.45, 7) is 8.29. The molecule has 4 unspecified atom stereocenters. The molecule has 28 heavy (non-hydrogen) atoms. The van der Waals surface area contributed by atoms with E-state index in [-0.39, 0.29) is 29.1 Å². The molecule has 0 spiro atoms. The predicted molar refractivity (Wildman–Crippen MR) is 110 cm³/mol. The summed E-state index contributed by atoms with van der Waals surface area (Å²) in [6.07, 6.45) is 0.718. The molecule has 0 amide bonds. The van der Waals surface area contributed by atoms with Crippen LogP contribution in [0.25, 0.3) is 0 Å². The summed E-state index contributed by atoms with van der Waals surface area (Å²) in [5, 5.41) is 13.7. The van der Waals surface area contributed by atoms with Crippen molar-refractivity contribution >= 4 is 17.6 Å². The second-order valence-corrected chi connectivity index (χ2v) is 9.36. The molecule has 2 N–H and O–H groups in total. The molecule has 1 fully saturated rings. The predicted octanol–water partition coefficient (Wildman–Crippen LogP) is 5.52. The van der Waals surface area contributed by atoms with Crippen molar-refractivity contribution in [2.45, 2.75) is 58.0 Å². The lowest BCUT2D eigenvalue weighted by Gasteiger charge is -2.30. The van der Waals surface area contributed by atoms with Crippen LogP contribution in [0, 0.1) is 18.2 Å². The number of carbonyl (C=O) groups is 1. The Kier molecular flexibility index (Phi) is 5.83. The molecule has 0 saturated carbocycles. The fourth-order valence-electron chi connectivity index (χ4n) is 4.48. The molecule has 0 aliphatic carbocycles. The Bertz CT molecular complexity index is 877. The number of carboxylic acids is 1. The van der Waals surface area contributed by atoms with Gasteiger partial charge in [-0.2, -0.15) is 0 Å². The molecule has 1 aliphatic heterocycles. The summed E-state index contributed by atoms with van der Waals surface area (Å²) >= 11 is 6.20. The van der Waals surface area contributed by atoms with E-state index >= 15 is 0 Å². The summed E-state index contributed by atoms with van der Waals surface area (Å²) in [5.41, 5.74) is 2.37. The molecule has 1 aliphatic rings. The van der Waals surface area contributed by atoms with Gasteiger partial charge < -0.3 is 10.4 Å². The quantitative estimate of drug-likeness (QED) is 0.707. The first-order valence-corrected chi connectivity index (χ1v) is 9.95. The van der Waals surface area contributed by atoms with Crippen LogP contribution in [0.2, 0.25) is 5.02 Å². The Morgan fingerprint density at radius 2 is 1.82 bits per heavy atom. The Morgan fingerprint density at radius 3 is 2.43 bits per heavy atom. The lowest BCUT2D eigenvalue weighted by Crippen LogP contribution is -2.39. The fraction of sp³-hybridized carbons (Fsp3) is 0.435. The first kappa shape index (κ1) is 20.8. The Balaban J connectivity index is 2.20. The molecule has 5 heteroatoms. The molecule has 150 valence electrons. The SMILES string of the molecule is Cc1ccccc1C1C(C(=O)O)NC(CC(C)(C)C)C1c1cc(Cl)ccc1F. The third kappa shape index (κ3) is 4.23.